The Morgan fingerprint density at radius 2 is 1.46 bits per heavy atom. The summed E-state index contributed by atoms with van der Waals surface area (Å²) in [6, 6.07) is 26.2. The summed E-state index contributed by atoms with van der Waals surface area (Å²) >= 11 is 12.9. The van der Waals surface area contributed by atoms with E-state index < -0.39 is 17.9 Å². The molecule has 0 bridgehead atoms. The molecular formula is C47H50Cl2N10O8. The highest BCUT2D eigenvalue weighted by molar-refractivity contribution is 6.38. The van der Waals surface area contributed by atoms with Crippen molar-refractivity contribution in [2.45, 2.75) is 31.7 Å². The van der Waals surface area contributed by atoms with E-state index in [-0.39, 0.29) is 98.1 Å². The monoisotopic (exact) mass is 952 g/mol. The van der Waals surface area contributed by atoms with Crippen molar-refractivity contribution >= 4 is 75.8 Å². The van der Waals surface area contributed by atoms with E-state index in [2.05, 4.69) is 41.6 Å². The number of ether oxygens (including phenoxy) is 2. The van der Waals surface area contributed by atoms with E-state index >= 15 is 0 Å². The van der Waals surface area contributed by atoms with Gasteiger partial charge in [0.15, 0.2) is 5.69 Å². The number of aromatic nitrogens is 3. The lowest BCUT2D eigenvalue weighted by Crippen LogP contribution is -2.49. The Hall–Kier alpha value is -6.86. The molecule has 5 aromatic rings. The molecule has 1 atom stereocenters. The molecule has 4 heterocycles. The van der Waals surface area contributed by atoms with Gasteiger partial charge in [-0.3, -0.25) is 39.1 Å². The molecule has 6 amide bonds. The van der Waals surface area contributed by atoms with Crippen molar-refractivity contribution in [2.24, 2.45) is 0 Å². The number of piperidine rings is 1. The third-order valence-electron chi connectivity index (χ3n) is 10.9. The van der Waals surface area contributed by atoms with Gasteiger partial charge in [-0.15, -0.1) is 0 Å². The number of nitrogens with zero attached hydrogens (tertiary/aromatic N) is 5. The Bertz CT molecular complexity index is 2540. The van der Waals surface area contributed by atoms with Crippen molar-refractivity contribution in [3.05, 3.63) is 118 Å². The minimum atomic E-state index is -0.546. The minimum absolute atomic E-state index is 0.00596. The molecule has 1 unspecified atom stereocenters. The number of imide groups is 1. The number of piperazine rings is 1. The predicted molar refractivity (Wildman–Crippen MR) is 252 cm³/mol. The van der Waals surface area contributed by atoms with Crippen molar-refractivity contribution in [2.75, 3.05) is 81.2 Å². The van der Waals surface area contributed by atoms with Gasteiger partial charge in [-0.05, 0) is 67.1 Å². The largest absolute Gasteiger partial charge is 0.380 e. The first-order chi connectivity index (χ1) is 32.5. The van der Waals surface area contributed by atoms with Crippen LogP contribution in [0.3, 0.4) is 0 Å². The first kappa shape index (κ1) is 48.1. The van der Waals surface area contributed by atoms with E-state index in [1.54, 1.807) is 48.7 Å². The highest BCUT2D eigenvalue weighted by Gasteiger charge is 2.27. The van der Waals surface area contributed by atoms with E-state index in [9.17, 15) is 28.8 Å². The van der Waals surface area contributed by atoms with E-state index in [1.807, 2.05) is 41.3 Å². The number of halogens is 2. The van der Waals surface area contributed by atoms with Gasteiger partial charge in [0, 0.05) is 81.3 Å². The fraction of sp³-hybridized carbons (Fsp3) is 0.319. The first-order valence-electron chi connectivity index (χ1n) is 21.8. The Kier molecular flexibility index (Phi) is 16.9. The molecule has 2 aliphatic heterocycles. The molecule has 2 aliphatic rings. The van der Waals surface area contributed by atoms with Crippen LogP contribution >= 0.6 is 23.2 Å². The number of para-hydroxylation sites is 1. The summed E-state index contributed by atoms with van der Waals surface area (Å²) in [6.07, 6.45) is 2.72. The van der Waals surface area contributed by atoms with Gasteiger partial charge in [0.1, 0.15) is 11.9 Å². The summed E-state index contributed by atoms with van der Waals surface area (Å²) in [7, 11) is 0. The number of carbonyl (C=O) groups is 6. The maximum atomic E-state index is 13.6. The van der Waals surface area contributed by atoms with Crippen LogP contribution in [0.4, 0.5) is 17.2 Å². The van der Waals surface area contributed by atoms with Crippen LogP contribution in [0.1, 0.15) is 46.5 Å². The van der Waals surface area contributed by atoms with Gasteiger partial charge >= 0.3 is 0 Å². The average molecular weight is 954 g/mol. The van der Waals surface area contributed by atoms with Crippen molar-refractivity contribution < 1.29 is 38.2 Å². The molecule has 3 aromatic carbocycles. The summed E-state index contributed by atoms with van der Waals surface area (Å²) in [5, 5.41) is 18.8. The predicted octanol–water partition coefficient (Wildman–Crippen LogP) is 4.72. The number of carbonyl (C=O) groups excluding carboxylic acids is 6. The second kappa shape index (κ2) is 23.5. The van der Waals surface area contributed by atoms with E-state index in [0.29, 0.717) is 61.0 Å². The van der Waals surface area contributed by atoms with Crippen molar-refractivity contribution in [1.82, 2.24) is 35.6 Å². The summed E-state index contributed by atoms with van der Waals surface area (Å²) in [4.78, 5) is 83.7. The SMILES string of the molecule is O=C(CCOCCC(=O)N1CCN(c2ccc(NC3CCC(=O)NC3=O)cc2)CC1)NCCOCCNC(=O)c1cc(NC(=O)c2cc(-c3ccccn3)c(Cl)cc2Cl)n(-c2ccccc2)n1. The van der Waals surface area contributed by atoms with Crippen LogP contribution in [0.25, 0.3) is 16.9 Å². The molecule has 67 heavy (non-hydrogen) atoms. The lowest BCUT2D eigenvalue weighted by molar-refractivity contribution is -0.134. The zero-order valence-electron chi connectivity index (χ0n) is 36.5. The number of hydrogen-bond donors (Lipinski definition) is 5. The molecule has 0 aliphatic carbocycles. The zero-order valence-corrected chi connectivity index (χ0v) is 38.0. The third kappa shape index (κ3) is 13.4. The molecule has 20 heteroatoms. The molecule has 2 fully saturated rings. The van der Waals surface area contributed by atoms with Crippen LogP contribution < -0.4 is 31.5 Å². The second-order valence-corrected chi connectivity index (χ2v) is 16.4. The maximum Gasteiger partial charge on any atom is 0.271 e. The Labute approximate surface area is 396 Å². The van der Waals surface area contributed by atoms with Crippen LogP contribution in [0.2, 0.25) is 10.0 Å². The van der Waals surface area contributed by atoms with Gasteiger partial charge in [-0.1, -0.05) is 47.5 Å². The standard InChI is InChI=1S/C47H50Cl2N10O8/c48-36-29-37(49)35(28-34(36)38-8-4-5-17-50-38)45(63)54-41-30-40(56-59(41)33-6-2-1-3-7-33)46(64)52-19-27-67-26-18-51-42(60)15-24-66-25-16-44(62)58-22-20-57(21-23-58)32-11-9-31(10-12-32)53-39-13-14-43(61)55-47(39)65/h1-12,17,28-30,39,53H,13-16,18-27H2,(H,51,60)(H,52,64)(H,54,63)(H,55,61,65). The van der Waals surface area contributed by atoms with Gasteiger partial charge < -0.3 is 40.5 Å². The third-order valence-corrected chi connectivity index (χ3v) is 11.5. The number of anilines is 3. The lowest BCUT2D eigenvalue weighted by Gasteiger charge is -2.36. The molecule has 0 saturated carbocycles. The van der Waals surface area contributed by atoms with E-state index in [4.69, 9.17) is 32.7 Å². The summed E-state index contributed by atoms with van der Waals surface area (Å²) in [5.41, 5.74) is 3.71. The van der Waals surface area contributed by atoms with Gasteiger partial charge in [-0.25, -0.2) is 4.68 Å². The summed E-state index contributed by atoms with van der Waals surface area (Å²) < 4.78 is 12.6. The zero-order chi connectivity index (χ0) is 47.1. The van der Waals surface area contributed by atoms with Gasteiger partial charge in [0.2, 0.25) is 23.6 Å². The van der Waals surface area contributed by atoms with E-state index in [1.165, 1.54) is 16.8 Å². The molecule has 2 saturated heterocycles. The highest BCUT2D eigenvalue weighted by Crippen LogP contribution is 2.33. The second-order valence-electron chi connectivity index (χ2n) is 15.5. The topological polar surface area (TPSA) is 218 Å². The lowest BCUT2D eigenvalue weighted by atomic mass is 10.1. The number of benzene rings is 3. The molecule has 0 spiro atoms. The van der Waals surface area contributed by atoms with Crippen molar-refractivity contribution in [3.63, 3.8) is 0 Å². The molecular weight excluding hydrogens is 903 g/mol. The van der Waals surface area contributed by atoms with Gasteiger partial charge in [-0.2, -0.15) is 5.10 Å². The Morgan fingerprint density at radius 3 is 2.19 bits per heavy atom. The molecule has 7 rings (SSSR count). The fourth-order valence-electron chi connectivity index (χ4n) is 7.35. The van der Waals surface area contributed by atoms with Gasteiger partial charge in [0.05, 0.1) is 59.8 Å². The van der Waals surface area contributed by atoms with Crippen LogP contribution in [0.15, 0.2) is 97.2 Å². The molecule has 5 N–H and O–H groups in total. The van der Waals surface area contributed by atoms with E-state index in [0.717, 1.165) is 11.4 Å². The summed E-state index contributed by atoms with van der Waals surface area (Å²) in [6.45, 7) is 3.68. The molecule has 18 nitrogen and oxygen atoms in total. The number of rotatable bonds is 20. The Morgan fingerprint density at radius 1 is 0.746 bits per heavy atom. The van der Waals surface area contributed by atoms with Gasteiger partial charge in [0.25, 0.3) is 11.8 Å². The van der Waals surface area contributed by atoms with Crippen LogP contribution in [-0.2, 0) is 28.7 Å². The highest BCUT2D eigenvalue weighted by atomic mass is 35.5. The summed E-state index contributed by atoms with van der Waals surface area (Å²) in [5.74, 6) is -1.60. The van der Waals surface area contributed by atoms with Crippen molar-refractivity contribution in [1.29, 1.82) is 0 Å². The molecule has 0 radical (unpaired) electrons. The van der Waals surface area contributed by atoms with Crippen molar-refractivity contribution in [3.8, 4) is 16.9 Å². The fourth-order valence-corrected chi connectivity index (χ4v) is 7.92. The molecule has 2 aromatic heterocycles. The minimum Gasteiger partial charge on any atom is -0.380 e. The maximum absolute atomic E-state index is 13.6. The van der Waals surface area contributed by atoms with Crippen LogP contribution in [0.5, 0.6) is 0 Å². The first-order valence-corrected chi connectivity index (χ1v) is 22.6. The number of nitrogens with one attached hydrogen (secondary N) is 5. The smallest absolute Gasteiger partial charge is 0.271 e. The molecule has 350 valence electrons. The average Bonchev–Trinajstić information content (AvgIpc) is 3.76. The number of hydrogen-bond acceptors (Lipinski definition) is 12. The quantitative estimate of drug-likeness (QED) is 0.0529. The number of pyridine rings is 1. The number of amides is 6. The Balaban J connectivity index is 0.755. The van der Waals surface area contributed by atoms with Crippen LogP contribution in [-0.4, -0.2) is 127 Å². The van der Waals surface area contributed by atoms with Crippen LogP contribution in [0, 0.1) is 0 Å². The normalized spacial score (nSPS) is 14.9.